The van der Waals surface area contributed by atoms with Gasteiger partial charge < -0.3 is 20.1 Å². The third kappa shape index (κ3) is 5.19. The minimum Gasteiger partial charge on any atom is -0.493 e. The molecule has 31 heavy (non-hydrogen) atoms. The number of ether oxygens (including phenoxy) is 2. The van der Waals surface area contributed by atoms with Gasteiger partial charge in [0.1, 0.15) is 0 Å². The van der Waals surface area contributed by atoms with Crippen molar-refractivity contribution in [2.24, 2.45) is 0 Å². The first kappa shape index (κ1) is 22.2. The minimum atomic E-state index is -0.430. The summed E-state index contributed by atoms with van der Waals surface area (Å²) in [5, 5.41) is 15.8. The molecule has 1 heterocycles. The number of methoxy groups -OCH3 is 2. The predicted molar refractivity (Wildman–Crippen MR) is 120 cm³/mol. The molecule has 7 nitrogen and oxygen atoms in total. The molecule has 2 amide bonds. The van der Waals surface area contributed by atoms with Gasteiger partial charge in [-0.05, 0) is 36.2 Å². The highest BCUT2D eigenvalue weighted by Crippen LogP contribution is 2.39. The molecule has 1 aliphatic rings. The predicted octanol–water partition coefficient (Wildman–Crippen LogP) is 3.72. The number of nitrogens with one attached hydrogen (secondary N) is 2. The maximum absolute atomic E-state index is 12.4. The van der Waals surface area contributed by atoms with Crippen molar-refractivity contribution in [2.45, 2.75) is 19.3 Å². The highest BCUT2D eigenvalue weighted by Gasteiger charge is 2.30. The molecule has 0 aliphatic carbocycles. The monoisotopic (exact) mass is 437 g/mol. The number of thioether (sulfide) groups is 1. The van der Waals surface area contributed by atoms with E-state index >= 15 is 0 Å². The zero-order valence-corrected chi connectivity index (χ0v) is 18.3. The van der Waals surface area contributed by atoms with Gasteiger partial charge in [0, 0.05) is 18.0 Å². The summed E-state index contributed by atoms with van der Waals surface area (Å²) >= 11 is 1.14. The van der Waals surface area contributed by atoms with Crippen molar-refractivity contribution in [1.82, 2.24) is 5.32 Å². The number of carbonyl (C=O) groups excluding carboxylic acids is 2. The van der Waals surface area contributed by atoms with E-state index in [1.54, 1.807) is 19.2 Å². The third-order valence-electron chi connectivity index (χ3n) is 4.93. The Morgan fingerprint density at radius 3 is 2.65 bits per heavy atom. The minimum absolute atomic E-state index is 0.0633. The summed E-state index contributed by atoms with van der Waals surface area (Å²) in [5.41, 5.74) is 2.88. The van der Waals surface area contributed by atoms with Crippen LogP contribution in [0.3, 0.4) is 0 Å². The second-order valence-corrected chi connectivity index (χ2v) is 7.91. The van der Waals surface area contributed by atoms with Crippen molar-refractivity contribution in [3.05, 3.63) is 64.2 Å². The zero-order chi connectivity index (χ0) is 22.4. The molecule has 0 saturated heterocycles. The Morgan fingerprint density at radius 1 is 1.23 bits per heavy atom. The summed E-state index contributed by atoms with van der Waals surface area (Å²) in [6.07, 6.45) is 0.137. The normalized spacial score (nSPS) is 15.7. The number of allylic oxidation sites excluding steroid dienone is 1. The lowest BCUT2D eigenvalue weighted by molar-refractivity contribution is -0.121. The van der Waals surface area contributed by atoms with Crippen molar-refractivity contribution in [1.29, 1.82) is 5.26 Å². The Kier molecular flexibility index (Phi) is 7.21. The molecule has 2 N–H and O–H groups in total. The molecule has 1 aliphatic heterocycles. The number of hydrogen-bond donors (Lipinski definition) is 2. The van der Waals surface area contributed by atoms with Crippen molar-refractivity contribution >= 4 is 29.3 Å². The second kappa shape index (κ2) is 10.0. The molecule has 1 atom stereocenters. The Balaban J connectivity index is 1.81. The Bertz CT molecular complexity index is 1070. The maximum Gasteiger partial charge on any atom is 0.234 e. The molecule has 0 bridgehead atoms. The maximum atomic E-state index is 12.4. The van der Waals surface area contributed by atoms with Gasteiger partial charge in [-0.25, -0.2) is 0 Å². The topological polar surface area (TPSA) is 100 Å². The second-order valence-electron chi connectivity index (χ2n) is 6.93. The quantitative estimate of drug-likeness (QED) is 0.685. The highest BCUT2D eigenvalue weighted by molar-refractivity contribution is 8.03. The molecule has 3 rings (SSSR count). The summed E-state index contributed by atoms with van der Waals surface area (Å²) in [6, 6.07) is 15.0. The van der Waals surface area contributed by atoms with E-state index < -0.39 is 5.92 Å². The number of rotatable bonds is 7. The lowest BCUT2D eigenvalue weighted by Gasteiger charge is -2.25. The number of anilines is 1. The summed E-state index contributed by atoms with van der Waals surface area (Å²) in [7, 11) is 3.08. The molecule has 2 aromatic rings. The van der Waals surface area contributed by atoms with E-state index in [-0.39, 0.29) is 24.0 Å². The van der Waals surface area contributed by atoms with E-state index in [1.807, 2.05) is 37.3 Å². The van der Waals surface area contributed by atoms with Crippen LogP contribution in [0.15, 0.2) is 53.1 Å². The lowest BCUT2D eigenvalue weighted by Crippen LogP contribution is -2.31. The number of carbonyl (C=O) groups is 2. The first-order chi connectivity index (χ1) is 15.0. The number of amides is 2. The van der Waals surface area contributed by atoms with Crippen LogP contribution < -0.4 is 20.1 Å². The van der Waals surface area contributed by atoms with Gasteiger partial charge in [0.15, 0.2) is 11.5 Å². The van der Waals surface area contributed by atoms with Gasteiger partial charge in [-0.3, -0.25) is 9.59 Å². The largest absolute Gasteiger partial charge is 0.493 e. The molecule has 0 aromatic heterocycles. The van der Waals surface area contributed by atoms with Gasteiger partial charge in [0.2, 0.25) is 11.8 Å². The van der Waals surface area contributed by atoms with E-state index in [4.69, 9.17) is 9.47 Å². The van der Waals surface area contributed by atoms with Crippen molar-refractivity contribution in [3.63, 3.8) is 0 Å². The van der Waals surface area contributed by atoms with Crippen LogP contribution in [0.5, 0.6) is 11.5 Å². The molecular formula is C23H23N3O4S. The van der Waals surface area contributed by atoms with Crippen molar-refractivity contribution < 1.29 is 19.1 Å². The molecule has 0 saturated carbocycles. The van der Waals surface area contributed by atoms with Crippen molar-refractivity contribution in [2.75, 3.05) is 25.3 Å². The fourth-order valence-corrected chi connectivity index (χ4v) is 4.20. The van der Waals surface area contributed by atoms with E-state index in [2.05, 4.69) is 16.7 Å². The number of benzene rings is 2. The first-order valence-corrected chi connectivity index (χ1v) is 10.6. The first-order valence-electron chi connectivity index (χ1n) is 9.61. The Morgan fingerprint density at radius 2 is 1.97 bits per heavy atom. The lowest BCUT2D eigenvalue weighted by atomic mass is 9.87. The molecule has 2 aromatic carbocycles. The number of nitrogens with zero attached hydrogens (tertiary/aromatic N) is 1. The average Bonchev–Trinajstić information content (AvgIpc) is 2.78. The Hall–Kier alpha value is -3.44. The fraction of sp³-hybridized carbons (Fsp3) is 0.261. The molecule has 0 spiro atoms. The van der Waals surface area contributed by atoms with E-state index in [9.17, 15) is 14.9 Å². The van der Waals surface area contributed by atoms with Crippen LogP contribution in [-0.4, -0.2) is 31.8 Å². The van der Waals surface area contributed by atoms with E-state index in [0.29, 0.717) is 22.1 Å². The number of aryl methyl sites for hydroxylation is 1. The van der Waals surface area contributed by atoms with Crippen LogP contribution in [0.25, 0.3) is 0 Å². The van der Waals surface area contributed by atoms with Gasteiger partial charge in [-0.1, -0.05) is 36.0 Å². The van der Waals surface area contributed by atoms with Crippen LogP contribution in [0.2, 0.25) is 0 Å². The molecule has 8 heteroatoms. The van der Waals surface area contributed by atoms with Gasteiger partial charge in [-0.2, -0.15) is 5.26 Å². The van der Waals surface area contributed by atoms with Crippen molar-refractivity contribution in [3.8, 4) is 17.6 Å². The average molecular weight is 438 g/mol. The fourth-order valence-electron chi connectivity index (χ4n) is 3.32. The van der Waals surface area contributed by atoms with Gasteiger partial charge >= 0.3 is 0 Å². The number of para-hydroxylation sites is 1. The van der Waals surface area contributed by atoms with Crippen LogP contribution in [0.4, 0.5) is 5.69 Å². The number of hydrogen-bond acceptors (Lipinski definition) is 6. The summed E-state index contributed by atoms with van der Waals surface area (Å²) in [6.45, 7) is 1.91. The molecular weight excluding hydrogens is 414 g/mol. The van der Waals surface area contributed by atoms with Crippen LogP contribution >= 0.6 is 11.8 Å². The van der Waals surface area contributed by atoms with Crippen LogP contribution in [0.1, 0.15) is 23.5 Å². The summed E-state index contributed by atoms with van der Waals surface area (Å²) in [5.74, 6) is 0.299. The standard InChI is InChI=1S/C23H23N3O4S/c1-14-6-4-5-7-18(14)25-22(28)13-31-23-17(12-24)16(11-21(27)26-23)15-8-9-19(29-2)20(10-15)30-3/h4-10,16H,11,13H2,1-3H3,(H,25,28)(H,26,27)/t16-/m1/s1. The molecule has 0 unspecified atom stereocenters. The molecule has 0 fully saturated rings. The van der Waals surface area contributed by atoms with Crippen LogP contribution in [-0.2, 0) is 9.59 Å². The SMILES string of the molecule is COc1ccc([C@H]2CC(=O)NC(SCC(=O)Nc3ccccc3C)=C2C#N)cc1OC. The van der Waals surface area contributed by atoms with E-state index in [1.165, 1.54) is 7.11 Å². The van der Waals surface area contributed by atoms with E-state index in [0.717, 1.165) is 28.6 Å². The summed E-state index contributed by atoms with van der Waals surface area (Å²) in [4.78, 5) is 24.8. The van der Waals surface area contributed by atoms with Crippen LogP contribution in [0, 0.1) is 18.3 Å². The molecule has 0 radical (unpaired) electrons. The highest BCUT2D eigenvalue weighted by atomic mass is 32.2. The Labute approximate surface area is 185 Å². The van der Waals surface area contributed by atoms with Gasteiger partial charge in [0.05, 0.1) is 36.6 Å². The smallest absolute Gasteiger partial charge is 0.234 e. The zero-order valence-electron chi connectivity index (χ0n) is 17.5. The molecule has 160 valence electrons. The van der Waals surface area contributed by atoms with Gasteiger partial charge in [-0.15, -0.1) is 0 Å². The summed E-state index contributed by atoms with van der Waals surface area (Å²) < 4.78 is 10.6. The number of nitriles is 1. The third-order valence-corrected chi connectivity index (χ3v) is 5.95. The van der Waals surface area contributed by atoms with Gasteiger partial charge in [0.25, 0.3) is 0 Å².